The molecule has 0 fully saturated rings. The van der Waals surface area contributed by atoms with Crippen molar-refractivity contribution in [2.75, 3.05) is 18.0 Å². The highest BCUT2D eigenvalue weighted by Crippen LogP contribution is 2.28. The molecule has 0 bridgehead atoms. The highest BCUT2D eigenvalue weighted by atomic mass is 32.2. The lowest BCUT2D eigenvalue weighted by Crippen LogP contribution is -2.42. The molecule has 0 unspecified atom stereocenters. The molecule has 0 aliphatic carbocycles. The molecule has 1 N–H and O–H groups in total. The Hall–Kier alpha value is -3.32. The number of ether oxygens (including phenoxy) is 1. The van der Waals surface area contributed by atoms with Gasteiger partial charge in [0.1, 0.15) is 12.3 Å². The molecule has 0 aromatic heterocycles. The van der Waals surface area contributed by atoms with E-state index in [9.17, 15) is 13.2 Å². The van der Waals surface area contributed by atoms with Gasteiger partial charge >= 0.3 is 0 Å². The first-order chi connectivity index (χ1) is 16.3. The molecule has 7 heteroatoms. The molecule has 34 heavy (non-hydrogen) atoms. The SMILES string of the molecule is CCc1ccccc1N(CC(=O)N[C@@H](CC)c1ccc(OC)cc1)S(=O)(=O)c1ccc(C)cc1. The van der Waals surface area contributed by atoms with Crippen molar-refractivity contribution < 1.29 is 17.9 Å². The lowest BCUT2D eigenvalue weighted by atomic mass is 10.0. The third kappa shape index (κ3) is 5.78. The van der Waals surface area contributed by atoms with Crippen molar-refractivity contribution in [2.24, 2.45) is 0 Å². The fraction of sp³-hybridized carbons (Fsp3) is 0.296. The van der Waals surface area contributed by atoms with Crippen molar-refractivity contribution in [2.45, 2.75) is 44.6 Å². The Bertz CT molecular complexity index is 1210. The standard InChI is InChI=1S/C27H32N2O4S/c1-5-21-9-7-8-10-26(21)29(34(31,32)24-17-11-20(3)12-18-24)19-27(30)28-25(6-2)22-13-15-23(33-4)16-14-22/h7-18,25H,5-6,19H2,1-4H3,(H,28,30)/t25-/m0/s1. The van der Waals surface area contributed by atoms with Crippen LogP contribution < -0.4 is 14.4 Å². The number of amides is 1. The van der Waals surface area contributed by atoms with Crippen molar-refractivity contribution in [3.8, 4) is 5.75 Å². The summed E-state index contributed by atoms with van der Waals surface area (Å²) >= 11 is 0. The predicted octanol–water partition coefficient (Wildman–Crippen LogP) is 5.03. The highest BCUT2D eigenvalue weighted by Gasteiger charge is 2.29. The second-order valence-electron chi connectivity index (χ2n) is 8.11. The van der Waals surface area contributed by atoms with E-state index in [1.165, 1.54) is 4.31 Å². The topological polar surface area (TPSA) is 75.7 Å². The smallest absolute Gasteiger partial charge is 0.264 e. The number of hydrogen-bond donors (Lipinski definition) is 1. The maximum Gasteiger partial charge on any atom is 0.264 e. The number of aryl methyl sites for hydroxylation is 2. The number of carbonyl (C=O) groups excluding carboxylic acids is 1. The molecular weight excluding hydrogens is 448 g/mol. The van der Waals surface area contributed by atoms with E-state index in [-0.39, 0.29) is 23.4 Å². The zero-order chi connectivity index (χ0) is 24.7. The molecule has 0 radical (unpaired) electrons. The van der Waals surface area contributed by atoms with Gasteiger partial charge in [0.25, 0.3) is 10.0 Å². The normalized spacial score (nSPS) is 12.1. The maximum absolute atomic E-state index is 13.7. The van der Waals surface area contributed by atoms with Crippen LogP contribution in [0.5, 0.6) is 5.75 Å². The summed E-state index contributed by atoms with van der Waals surface area (Å²) < 4.78 is 33.8. The molecule has 6 nitrogen and oxygen atoms in total. The molecule has 3 rings (SSSR count). The van der Waals surface area contributed by atoms with Gasteiger partial charge in [0, 0.05) is 0 Å². The second kappa shape index (κ2) is 11.2. The molecule has 1 atom stereocenters. The zero-order valence-electron chi connectivity index (χ0n) is 20.1. The minimum absolute atomic E-state index is 0.152. The summed E-state index contributed by atoms with van der Waals surface area (Å²) in [7, 11) is -2.36. The molecule has 0 aliphatic rings. The highest BCUT2D eigenvalue weighted by molar-refractivity contribution is 7.92. The van der Waals surface area contributed by atoms with Crippen molar-refractivity contribution in [1.82, 2.24) is 5.32 Å². The van der Waals surface area contributed by atoms with E-state index in [1.54, 1.807) is 43.5 Å². The molecule has 180 valence electrons. The van der Waals surface area contributed by atoms with E-state index in [1.807, 2.05) is 57.2 Å². The Morgan fingerprint density at radius 3 is 2.21 bits per heavy atom. The average molecular weight is 481 g/mol. The van der Waals surface area contributed by atoms with Crippen LogP contribution in [0.15, 0.2) is 77.7 Å². The van der Waals surface area contributed by atoms with Gasteiger partial charge in [0.15, 0.2) is 0 Å². The first-order valence-electron chi connectivity index (χ1n) is 11.4. The molecular formula is C27H32N2O4S. The van der Waals surface area contributed by atoms with E-state index in [2.05, 4.69) is 5.32 Å². The van der Waals surface area contributed by atoms with Gasteiger partial charge < -0.3 is 10.1 Å². The second-order valence-corrected chi connectivity index (χ2v) is 9.97. The number of hydrogen-bond acceptors (Lipinski definition) is 4. The van der Waals surface area contributed by atoms with Crippen LogP contribution in [0.4, 0.5) is 5.69 Å². The number of methoxy groups -OCH3 is 1. The Kier molecular flexibility index (Phi) is 8.34. The number of benzene rings is 3. The largest absolute Gasteiger partial charge is 0.497 e. The summed E-state index contributed by atoms with van der Waals surface area (Å²) in [6, 6.07) is 21.2. The van der Waals surface area contributed by atoms with Gasteiger partial charge in [0.05, 0.1) is 23.7 Å². The van der Waals surface area contributed by atoms with E-state index in [0.717, 1.165) is 22.4 Å². The fourth-order valence-corrected chi connectivity index (χ4v) is 5.28. The number of para-hydroxylation sites is 1. The van der Waals surface area contributed by atoms with Crippen LogP contribution in [0, 0.1) is 6.92 Å². The van der Waals surface area contributed by atoms with Crippen LogP contribution in [0.25, 0.3) is 0 Å². The van der Waals surface area contributed by atoms with Gasteiger partial charge in [0.2, 0.25) is 5.91 Å². The van der Waals surface area contributed by atoms with Gasteiger partial charge in [-0.3, -0.25) is 9.10 Å². The van der Waals surface area contributed by atoms with Crippen molar-refractivity contribution in [3.63, 3.8) is 0 Å². The molecule has 0 saturated carbocycles. The van der Waals surface area contributed by atoms with Crippen molar-refractivity contribution >= 4 is 21.6 Å². The summed E-state index contributed by atoms with van der Waals surface area (Å²) in [5, 5.41) is 3.00. The van der Waals surface area contributed by atoms with E-state index in [0.29, 0.717) is 18.5 Å². The van der Waals surface area contributed by atoms with E-state index >= 15 is 0 Å². The number of sulfonamides is 1. The van der Waals surface area contributed by atoms with E-state index in [4.69, 9.17) is 4.74 Å². The predicted molar refractivity (Wildman–Crippen MR) is 136 cm³/mol. The number of nitrogens with one attached hydrogen (secondary N) is 1. The van der Waals surface area contributed by atoms with Crippen LogP contribution in [-0.4, -0.2) is 28.0 Å². The van der Waals surface area contributed by atoms with Gasteiger partial charge in [-0.05, 0) is 61.2 Å². The minimum Gasteiger partial charge on any atom is -0.497 e. The Labute approximate surface area is 202 Å². The third-order valence-electron chi connectivity index (χ3n) is 5.80. The van der Waals surface area contributed by atoms with E-state index < -0.39 is 10.0 Å². The molecule has 3 aromatic carbocycles. The quantitative estimate of drug-likeness (QED) is 0.442. The first-order valence-corrected chi connectivity index (χ1v) is 12.8. The molecule has 0 heterocycles. The van der Waals surface area contributed by atoms with Gasteiger partial charge in [-0.25, -0.2) is 8.42 Å². The lowest BCUT2D eigenvalue weighted by Gasteiger charge is -2.27. The summed E-state index contributed by atoms with van der Waals surface area (Å²) in [5.41, 5.74) is 3.26. The molecule has 0 aliphatic heterocycles. The molecule has 1 amide bonds. The Balaban J connectivity index is 1.93. The summed E-state index contributed by atoms with van der Waals surface area (Å²) in [5.74, 6) is 0.362. The van der Waals surface area contributed by atoms with Crippen LogP contribution in [-0.2, 0) is 21.2 Å². The number of nitrogens with zero attached hydrogens (tertiary/aromatic N) is 1. The minimum atomic E-state index is -3.96. The van der Waals surface area contributed by atoms with Crippen LogP contribution in [0.2, 0.25) is 0 Å². The van der Waals surface area contributed by atoms with Crippen molar-refractivity contribution in [3.05, 3.63) is 89.5 Å². The van der Waals surface area contributed by atoms with Gasteiger partial charge in [-0.2, -0.15) is 0 Å². The molecule has 3 aromatic rings. The molecule has 0 saturated heterocycles. The monoisotopic (exact) mass is 480 g/mol. The average Bonchev–Trinajstić information content (AvgIpc) is 2.86. The van der Waals surface area contributed by atoms with Gasteiger partial charge in [-0.15, -0.1) is 0 Å². The van der Waals surface area contributed by atoms with Crippen molar-refractivity contribution in [1.29, 1.82) is 0 Å². The molecule has 0 spiro atoms. The number of carbonyl (C=O) groups is 1. The Morgan fingerprint density at radius 1 is 0.971 bits per heavy atom. The number of rotatable bonds is 10. The fourth-order valence-electron chi connectivity index (χ4n) is 3.82. The zero-order valence-corrected chi connectivity index (χ0v) is 20.9. The van der Waals surface area contributed by atoms with Crippen LogP contribution in [0.3, 0.4) is 0 Å². The first kappa shape index (κ1) is 25.3. The summed E-state index contributed by atoms with van der Waals surface area (Å²) in [6.07, 6.45) is 1.30. The van der Waals surface area contributed by atoms with Crippen LogP contribution in [0.1, 0.15) is 43.0 Å². The summed E-state index contributed by atoms with van der Waals surface area (Å²) in [6.45, 7) is 5.52. The third-order valence-corrected chi connectivity index (χ3v) is 7.57. The summed E-state index contributed by atoms with van der Waals surface area (Å²) in [4.78, 5) is 13.3. The van der Waals surface area contributed by atoms with Crippen LogP contribution >= 0.6 is 0 Å². The van der Waals surface area contributed by atoms with Gasteiger partial charge in [-0.1, -0.05) is 61.9 Å². The Morgan fingerprint density at radius 2 is 1.62 bits per heavy atom. The number of anilines is 1. The lowest BCUT2D eigenvalue weighted by molar-refractivity contribution is -0.120. The maximum atomic E-state index is 13.7.